The van der Waals surface area contributed by atoms with Crippen molar-refractivity contribution in [1.82, 2.24) is 0 Å². The summed E-state index contributed by atoms with van der Waals surface area (Å²) in [5, 5.41) is 0. The Hall–Kier alpha value is -1.49. The molecule has 0 fully saturated rings. The van der Waals surface area contributed by atoms with E-state index in [0.717, 1.165) is 0 Å². The number of hydrogen-bond donors (Lipinski definition) is 0. The summed E-state index contributed by atoms with van der Waals surface area (Å²) in [7, 11) is 0.715. The number of hydrogen-bond acceptors (Lipinski definition) is 1. The molecule has 0 saturated heterocycles. The first-order valence-electron chi connectivity index (χ1n) is 6.69. The number of ether oxygens (including phenoxy) is 1. The second-order valence-corrected chi connectivity index (χ2v) is 5.42. The standard InChI is InChI=1S/C12H7F17O/c1-30-4-2-3-5(13,14)6(15,16)7(17,18)8(19,20)9(21,22)10(23,24)11(25,26)12(27,28)29/h2-3H,4H2,1H3/b3-2+. The smallest absolute Gasteiger partial charge is 0.381 e. The van der Waals surface area contributed by atoms with E-state index in [2.05, 4.69) is 4.74 Å². The van der Waals surface area contributed by atoms with Gasteiger partial charge in [0.15, 0.2) is 0 Å². The van der Waals surface area contributed by atoms with E-state index in [1.165, 1.54) is 0 Å². The lowest BCUT2D eigenvalue weighted by Gasteiger charge is -2.42. The third kappa shape index (κ3) is 3.79. The van der Waals surface area contributed by atoms with Gasteiger partial charge in [-0.25, -0.2) is 0 Å². The van der Waals surface area contributed by atoms with Crippen molar-refractivity contribution in [1.29, 1.82) is 0 Å². The van der Waals surface area contributed by atoms with Crippen molar-refractivity contribution in [3.8, 4) is 0 Å². The van der Waals surface area contributed by atoms with Crippen molar-refractivity contribution >= 4 is 0 Å². The van der Waals surface area contributed by atoms with Gasteiger partial charge in [0, 0.05) is 7.11 Å². The van der Waals surface area contributed by atoms with Crippen molar-refractivity contribution in [2.45, 2.75) is 47.6 Å². The van der Waals surface area contributed by atoms with Crippen LogP contribution in [0, 0.1) is 0 Å². The van der Waals surface area contributed by atoms with Crippen LogP contribution < -0.4 is 0 Å². The van der Waals surface area contributed by atoms with Gasteiger partial charge in [0.05, 0.1) is 6.61 Å². The quantitative estimate of drug-likeness (QED) is 0.277. The first kappa shape index (κ1) is 28.5. The number of methoxy groups -OCH3 is 1. The number of allylic oxidation sites excluding steroid dienone is 1. The Morgan fingerprint density at radius 3 is 1.10 bits per heavy atom. The lowest BCUT2D eigenvalue weighted by atomic mass is 9.89. The minimum Gasteiger partial charge on any atom is -0.381 e. The molecule has 0 bridgehead atoms. The van der Waals surface area contributed by atoms with Gasteiger partial charge in [-0.3, -0.25) is 0 Å². The van der Waals surface area contributed by atoms with Crippen LogP contribution in [-0.2, 0) is 4.74 Å². The highest BCUT2D eigenvalue weighted by Crippen LogP contribution is 2.63. The fourth-order valence-corrected chi connectivity index (χ4v) is 1.57. The molecule has 1 nitrogen and oxygen atoms in total. The van der Waals surface area contributed by atoms with E-state index in [1.54, 1.807) is 0 Å². The Labute approximate surface area is 154 Å². The Bertz CT molecular complexity index is 629. The van der Waals surface area contributed by atoms with Gasteiger partial charge in [-0.15, -0.1) is 0 Å². The molecule has 180 valence electrons. The zero-order valence-electron chi connectivity index (χ0n) is 13.7. The summed E-state index contributed by atoms with van der Waals surface area (Å²) in [6, 6.07) is 0. The summed E-state index contributed by atoms with van der Waals surface area (Å²) in [5.74, 6) is -56.3. The minimum atomic E-state index is -8.61. The molecule has 30 heavy (non-hydrogen) atoms. The summed E-state index contributed by atoms with van der Waals surface area (Å²) in [5.41, 5.74) is 0. The van der Waals surface area contributed by atoms with Crippen molar-refractivity contribution in [2.24, 2.45) is 0 Å². The molecule has 0 aromatic heterocycles. The van der Waals surface area contributed by atoms with Crippen LogP contribution in [0.15, 0.2) is 12.2 Å². The average Bonchev–Trinajstić information content (AvgIpc) is 2.52. The predicted octanol–water partition coefficient (Wildman–Crippen LogP) is 6.20. The highest BCUT2D eigenvalue weighted by Gasteiger charge is 2.95. The van der Waals surface area contributed by atoms with E-state index in [0.29, 0.717) is 7.11 Å². The van der Waals surface area contributed by atoms with Gasteiger partial charge in [-0.2, -0.15) is 74.6 Å². The van der Waals surface area contributed by atoms with Gasteiger partial charge in [0.25, 0.3) is 0 Å². The molecule has 0 radical (unpaired) electrons. The topological polar surface area (TPSA) is 9.23 Å². The molecule has 0 aliphatic carbocycles. The molecule has 0 saturated carbocycles. The normalized spacial score (nSPS) is 16.5. The molecule has 0 aliphatic heterocycles. The van der Waals surface area contributed by atoms with Gasteiger partial charge in [0.1, 0.15) is 0 Å². The van der Waals surface area contributed by atoms with Crippen LogP contribution >= 0.6 is 0 Å². The van der Waals surface area contributed by atoms with E-state index in [4.69, 9.17) is 0 Å². The van der Waals surface area contributed by atoms with Crippen molar-refractivity contribution < 1.29 is 79.4 Å². The third-order valence-corrected chi connectivity index (χ3v) is 3.34. The van der Waals surface area contributed by atoms with Crippen LogP contribution in [0.1, 0.15) is 0 Å². The first-order chi connectivity index (χ1) is 12.8. The summed E-state index contributed by atoms with van der Waals surface area (Å²) in [4.78, 5) is 0. The summed E-state index contributed by atoms with van der Waals surface area (Å²) in [6.07, 6.45) is -9.28. The molecule has 0 aliphatic rings. The SMILES string of the molecule is COC/C=C/C(F)(F)C(F)(F)C(F)(F)C(F)(F)C(F)(F)C(F)(F)C(F)(F)C(F)(F)F. The van der Waals surface area contributed by atoms with E-state index in [-0.39, 0.29) is 6.08 Å². The summed E-state index contributed by atoms with van der Waals surface area (Å²) >= 11 is 0. The number of halogens is 17. The Balaban J connectivity index is 6.62. The second-order valence-electron chi connectivity index (χ2n) is 5.42. The third-order valence-electron chi connectivity index (χ3n) is 3.34. The van der Waals surface area contributed by atoms with Crippen molar-refractivity contribution in [3.63, 3.8) is 0 Å². The van der Waals surface area contributed by atoms with Crippen LogP contribution in [0.3, 0.4) is 0 Å². The van der Waals surface area contributed by atoms with Gasteiger partial charge in [0.2, 0.25) is 0 Å². The van der Waals surface area contributed by atoms with Crippen LogP contribution in [0.25, 0.3) is 0 Å². The molecular weight excluding hydrogens is 483 g/mol. The minimum absolute atomic E-state index is 0.229. The molecule has 0 unspecified atom stereocenters. The molecule has 0 spiro atoms. The van der Waals surface area contributed by atoms with E-state index in [9.17, 15) is 74.6 Å². The number of rotatable bonds is 9. The van der Waals surface area contributed by atoms with Crippen LogP contribution in [0.4, 0.5) is 74.6 Å². The van der Waals surface area contributed by atoms with Crippen molar-refractivity contribution in [3.05, 3.63) is 12.2 Å². The van der Waals surface area contributed by atoms with Crippen molar-refractivity contribution in [2.75, 3.05) is 13.7 Å². The lowest BCUT2D eigenvalue weighted by molar-refractivity contribution is -0.459. The Kier molecular flexibility index (Phi) is 7.20. The predicted molar refractivity (Wildman–Crippen MR) is 61.7 cm³/mol. The maximum Gasteiger partial charge on any atom is 0.460 e. The van der Waals surface area contributed by atoms with Gasteiger partial charge in [-0.05, 0) is 6.08 Å². The second kappa shape index (κ2) is 7.58. The monoisotopic (exact) mass is 490 g/mol. The van der Waals surface area contributed by atoms with E-state index < -0.39 is 60.3 Å². The average molecular weight is 490 g/mol. The molecular formula is C12H7F17O. The number of alkyl halides is 17. The largest absolute Gasteiger partial charge is 0.460 e. The zero-order valence-corrected chi connectivity index (χ0v) is 13.7. The van der Waals surface area contributed by atoms with Crippen LogP contribution in [-0.4, -0.2) is 61.4 Å². The molecule has 0 heterocycles. The molecule has 0 aromatic carbocycles. The van der Waals surface area contributed by atoms with Gasteiger partial charge >= 0.3 is 47.6 Å². The van der Waals surface area contributed by atoms with E-state index >= 15 is 0 Å². The fraction of sp³-hybridized carbons (Fsp3) is 0.833. The van der Waals surface area contributed by atoms with Crippen LogP contribution in [0.2, 0.25) is 0 Å². The van der Waals surface area contributed by atoms with Gasteiger partial charge < -0.3 is 4.74 Å². The molecule has 0 atom stereocenters. The zero-order chi connectivity index (χ0) is 24.8. The highest BCUT2D eigenvalue weighted by atomic mass is 19.4. The maximum absolute atomic E-state index is 13.3. The van der Waals surface area contributed by atoms with E-state index in [1.807, 2.05) is 0 Å². The molecule has 18 heteroatoms. The highest BCUT2D eigenvalue weighted by molar-refractivity contribution is 5.17. The van der Waals surface area contributed by atoms with Crippen LogP contribution in [0.5, 0.6) is 0 Å². The first-order valence-corrected chi connectivity index (χ1v) is 6.69. The lowest BCUT2D eigenvalue weighted by Crippen LogP contribution is -2.74. The molecule has 0 N–H and O–H groups in total. The summed E-state index contributed by atoms with van der Waals surface area (Å²) < 4.78 is 223. The molecule has 0 aromatic rings. The Morgan fingerprint density at radius 2 is 0.800 bits per heavy atom. The Morgan fingerprint density at radius 1 is 0.500 bits per heavy atom. The summed E-state index contributed by atoms with van der Waals surface area (Å²) in [6.45, 7) is -1.07. The maximum atomic E-state index is 13.3. The fourth-order valence-electron chi connectivity index (χ4n) is 1.57. The van der Waals surface area contributed by atoms with Gasteiger partial charge in [-0.1, -0.05) is 6.08 Å². The molecule has 0 rings (SSSR count). The molecule has 0 amide bonds.